The second kappa shape index (κ2) is 19.9. The maximum absolute atomic E-state index is 11.9. The van der Waals surface area contributed by atoms with Crippen molar-refractivity contribution in [3.05, 3.63) is 95.6 Å². The lowest BCUT2D eigenvalue weighted by Gasteiger charge is -2.40. The first kappa shape index (κ1) is 38.6. The van der Waals surface area contributed by atoms with Crippen molar-refractivity contribution in [1.82, 2.24) is 9.80 Å². The summed E-state index contributed by atoms with van der Waals surface area (Å²) in [6, 6.07) is 24.7. The second-order valence-corrected chi connectivity index (χ2v) is 11.3. The Labute approximate surface area is 280 Å². The maximum Gasteiger partial charge on any atom is 0.250 e. The smallest absolute Gasteiger partial charge is 0.250 e. The molecule has 1 saturated heterocycles. The number of carbonyl (C=O) groups excluding carboxylic acids is 3. The topological polar surface area (TPSA) is 127 Å². The third-order valence-corrected chi connectivity index (χ3v) is 7.95. The van der Waals surface area contributed by atoms with Gasteiger partial charge in [-0.15, -0.1) is 0 Å². The van der Waals surface area contributed by atoms with Crippen LogP contribution in [0.5, 0.6) is 5.75 Å². The molecule has 0 aliphatic carbocycles. The van der Waals surface area contributed by atoms with Crippen molar-refractivity contribution >= 4 is 29.7 Å². The number of carbonyl (C=O) groups is 3. The van der Waals surface area contributed by atoms with Gasteiger partial charge in [-0.1, -0.05) is 56.3 Å². The van der Waals surface area contributed by atoms with E-state index in [-0.39, 0.29) is 30.3 Å². The van der Waals surface area contributed by atoms with Gasteiger partial charge in [0.25, 0.3) is 0 Å². The number of nitrogens with two attached hydrogens (primary N) is 1. The van der Waals surface area contributed by atoms with Crippen molar-refractivity contribution in [2.45, 2.75) is 52.7 Å². The molecule has 0 saturated carbocycles. The van der Waals surface area contributed by atoms with E-state index in [0.717, 1.165) is 49.1 Å². The standard InChI is InChI=1S/C21H33N5O3.C14H12O2.C2H6/c1-15(27)26(4)20(22)24-21(2,16-9-11-25(3)12-10-16)17-7-6-8-18(13-17)23-19(28)14-29-5;15-10-12-6-8-14(9-7-12)16-11-13-4-2-1-3-5-13;1-2/h6-8,13,16H,9-12,14H2,1-5H3,(H2,22,24)(H,23,28);1-10H,11H2;1-2H3. The van der Waals surface area contributed by atoms with Gasteiger partial charge in [0.1, 0.15) is 25.2 Å². The highest BCUT2D eigenvalue weighted by Crippen LogP contribution is 2.40. The number of hydrogen-bond acceptors (Lipinski definition) is 7. The molecule has 0 bridgehead atoms. The second-order valence-electron chi connectivity index (χ2n) is 11.3. The number of benzene rings is 3. The van der Waals surface area contributed by atoms with Crippen molar-refractivity contribution in [3.63, 3.8) is 0 Å². The Morgan fingerprint density at radius 3 is 2.26 bits per heavy atom. The third-order valence-electron chi connectivity index (χ3n) is 7.95. The first-order valence-electron chi connectivity index (χ1n) is 15.9. The number of hydrogen-bond donors (Lipinski definition) is 2. The van der Waals surface area contributed by atoms with Gasteiger partial charge in [0.15, 0.2) is 5.96 Å². The number of ether oxygens (including phenoxy) is 2. The minimum absolute atomic E-state index is 0.00897. The number of nitrogens with zero attached hydrogens (tertiary/aromatic N) is 3. The van der Waals surface area contributed by atoms with Crippen LogP contribution in [0.1, 0.15) is 62.0 Å². The molecule has 254 valence electrons. The van der Waals surface area contributed by atoms with Gasteiger partial charge in [0, 0.05) is 32.3 Å². The molecule has 1 atom stereocenters. The van der Waals surface area contributed by atoms with Gasteiger partial charge < -0.3 is 25.4 Å². The van der Waals surface area contributed by atoms with Gasteiger partial charge in [0.05, 0.1) is 5.54 Å². The lowest BCUT2D eigenvalue weighted by molar-refractivity contribution is -0.124. The number of aliphatic imine (C=N–C) groups is 1. The monoisotopic (exact) mass is 645 g/mol. The Morgan fingerprint density at radius 1 is 1.04 bits per heavy atom. The summed E-state index contributed by atoms with van der Waals surface area (Å²) in [4.78, 5) is 42.6. The molecule has 0 aromatic heterocycles. The molecule has 1 fully saturated rings. The van der Waals surface area contributed by atoms with Gasteiger partial charge in [-0.2, -0.15) is 0 Å². The average Bonchev–Trinajstić information content (AvgIpc) is 3.09. The number of aldehydes is 1. The summed E-state index contributed by atoms with van der Waals surface area (Å²) in [6.45, 7) is 10.00. The average molecular weight is 646 g/mol. The highest BCUT2D eigenvalue weighted by Gasteiger charge is 2.38. The van der Waals surface area contributed by atoms with Crippen molar-refractivity contribution in [2.75, 3.05) is 46.2 Å². The van der Waals surface area contributed by atoms with Crippen LogP contribution in [-0.2, 0) is 26.5 Å². The normalized spacial score (nSPS) is 14.7. The van der Waals surface area contributed by atoms with Crippen molar-refractivity contribution in [3.8, 4) is 5.75 Å². The van der Waals surface area contributed by atoms with Crippen LogP contribution in [0.3, 0.4) is 0 Å². The Hall–Kier alpha value is -4.54. The van der Waals surface area contributed by atoms with E-state index < -0.39 is 5.54 Å². The largest absolute Gasteiger partial charge is 0.489 e. The van der Waals surface area contributed by atoms with Crippen molar-refractivity contribution in [1.29, 1.82) is 0 Å². The molecule has 10 heteroatoms. The van der Waals surface area contributed by atoms with Gasteiger partial charge in [-0.05, 0) is 93.3 Å². The summed E-state index contributed by atoms with van der Waals surface area (Å²) in [5.74, 6) is 0.826. The number of methoxy groups -OCH3 is 1. The Kier molecular flexibility index (Phi) is 16.3. The van der Waals surface area contributed by atoms with E-state index in [1.807, 2.05) is 68.4 Å². The van der Waals surface area contributed by atoms with Crippen LogP contribution in [0.2, 0.25) is 0 Å². The lowest BCUT2D eigenvalue weighted by Crippen LogP contribution is -2.44. The molecule has 0 radical (unpaired) electrons. The van der Waals surface area contributed by atoms with Crippen LogP contribution in [0.4, 0.5) is 5.69 Å². The molecule has 2 amide bonds. The summed E-state index contributed by atoms with van der Waals surface area (Å²) < 4.78 is 10.5. The predicted octanol–water partition coefficient (Wildman–Crippen LogP) is 5.73. The Balaban J connectivity index is 0.000000358. The molecular formula is C37H51N5O5. The number of anilines is 1. The predicted molar refractivity (Wildman–Crippen MR) is 189 cm³/mol. The zero-order valence-electron chi connectivity index (χ0n) is 28.9. The van der Waals surface area contributed by atoms with Crippen LogP contribution in [0.25, 0.3) is 0 Å². The first-order chi connectivity index (χ1) is 22.5. The summed E-state index contributed by atoms with van der Waals surface area (Å²) in [5.41, 5.74) is 8.98. The molecule has 4 rings (SSSR count). The van der Waals surface area contributed by atoms with E-state index in [2.05, 4.69) is 24.2 Å². The first-order valence-corrected chi connectivity index (χ1v) is 15.9. The van der Waals surface area contributed by atoms with E-state index in [9.17, 15) is 14.4 Å². The number of likely N-dealkylation sites (tertiary alicyclic amines) is 1. The zero-order valence-corrected chi connectivity index (χ0v) is 28.9. The van der Waals surface area contributed by atoms with Gasteiger partial charge in [-0.3, -0.25) is 19.3 Å². The van der Waals surface area contributed by atoms with Gasteiger partial charge in [-0.25, -0.2) is 4.99 Å². The molecule has 3 N–H and O–H groups in total. The lowest BCUT2D eigenvalue weighted by atomic mass is 9.75. The van der Waals surface area contributed by atoms with Crippen LogP contribution >= 0.6 is 0 Å². The summed E-state index contributed by atoms with van der Waals surface area (Å²) in [7, 11) is 5.22. The third kappa shape index (κ3) is 12.3. The van der Waals surface area contributed by atoms with Crippen molar-refractivity contribution < 1.29 is 23.9 Å². The molecule has 1 heterocycles. The molecule has 1 unspecified atom stereocenters. The maximum atomic E-state index is 11.9. The quantitative estimate of drug-likeness (QED) is 0.164. The highest BCUT2D eigenvalue weighted by atomic mass is 16.5. The van der Waals surface area contributed by atoms with Gasteiger partial charge >= 0.3 is 0 Å². The number of rotatable bonds is 10. The Bertz CT molecular complexity index is 1420. The minimum Gasteiger partial charge on any atom is -0.489 e. The van der Waals surface area contributed by atoms with Crippen LogP contribution in [0, 0.1) is 5.92 Å². The minimum atomic E-state index is -0.628. The van der Waals surface area contributed by atoms with E-state index in [0.29, 0.717) is 17.9 Å². The zero-order chi connectivity index (χ0) is 34.8. The summed E-state index contributed by atoms with van der Waals surface area (Å²) in [5, 5.41) is 2.84. The van der Waals surface area contributed by atoms with Crippen LogP contribution in [0.15, 0.2) is 83.9 Å². The van der Waals surface area contributed by atoms with Gasteiger partial charge in [0.2, 0.25) is 11.8 Å². The molecular weight excluding hydrogens is 594 g/mol. The molecule has 1 aliphatic rings. The van der Waals surface area contributed by atoms with Crippen molar-refractivity contribution in [2.24, 2.45) is 16.6 Å². The summed E-state index contributed by atoms with van der Waals surface area (Å²) in [6.07, 6.45) is 2.75. The molecule has 1 aliphatic heterocycles. The van der Waals surface area contributed by atoms with E-state index in [1.54, 1.807) is 31.3 Å². The number of piperidine rings is 1. The van der Waals surface area contributed by atoms with Crippen LogP contribution < -0.4 is 15.8 Å². The van der Waals surface area contributed by atoms with E-state index in [1.165, 1.54) is 18.9 Å². The molecule has 0 spiro atoms. The molecule has 10 nitrogen and oxygen atoms in total. The highest BCUT2D eigenvalue weighted by molar-refractivity contribution is 5.95. The molecule has 3 aromatic carbocycles. The number of amides is 2. The molecule has 47 heavy (non-hydrogen) atoms. The van der Waals surface area contributed by atoms with E-state index >= 15 is 0 Å². The fraction of sp³-hybridized carbons (Fsp3) is 0.405. The van der Waals surface area contributed by atoms with E-state index in [4.69, 9.17) is 20.2 Å². The fourth-order valence-corrected chi connectivity index (χ4v) is 5.06. The fourth-order valence-electron chi connectivity index (χ4n) is 5.06. The summed E-state index contributed by atoms with van der Waals surface area (Å²) >= 11 is 0. The number of guanidine groups is 1. The number of nitrogens with one attached hydrogen (secondary N) is 1. The molecule has 3 aromatic rings. The SMILES string of the molecule is CC.COCC(=O)Nc1cccc(C(C)(N=C(N)N(C)C(C)=O)C2CCN(C)CC2)c1.O=Cc1ccc(OCc2ccccc2)cc1. The van der Waals surface area contributed by atoms with Crippen LogP contribution in [-0.4, -0.2) is 74.8 Å². The Morgan fingerprint density at radius 2 is 1.68 bits per heavy atom.